The highest BCUT2D eigenvalue weighted by Gasteiger charge is 2.53. The Labute approximate surface area is 203 Å². The van der Waals surface area contributed by atoms with Gasteiger partial charge in [-0.15, -0.1) is 11.3 Å². The number of hydrogen-bond acceptors (Lipinski definition) is 8. The van der Waals surface area contributed by atoms with Gasteiger partial charge in [-0.3, -0.25) is 19.9 Å². The van der Waals surface area contributed by atoms with Crippen molar-refractivity contribution in [2.45, 2.75) is 52.1 Å². The Morgan fingerprint density at radius 1 is 1.38 bits per heavy atom. The molecule has 1 fully saturated rings. The van der Waals surface area contributed by atoms with Crippen LogP contribution in [-0.2, 0) is 16.0 Å². The van der Waals surface area contributed by atoms with Gasteiger partial charge in [-0.2, -0.15) is 0 Å². The molecule has 2 aliphatic rings. The van der Waals surface area contributed by atoms with Gasteiger partial charge in [-0.25, -0.2) is 9.97 Å². The lowest BCUT2D eigenvalue weighted by molar-refractivity contribution is -0.135. The van der Waals surface area contributed by atoms with E-state index in [1.807, 2.05) is 6.92 Å². The molecule has 2 aromatic rings. The number of carbonyl (C=O) groups excluding carboxylic acids is 2. The van der Waals surface area contributed by atoms with Crippen molar-refractivity contribution in [3.8, 4) is 0 Å². The highest BCUT2D eigenvalue weighted by atomic mass is 32.1. The SMILES string of the molecule is COCCNC(=O)[C@@H](C)C1CC[C@@]2(C)Cc3sc(NC(=O)c4cnccn4)nc3[C@@H](C)[C@@H]2[C@H]1O. The maximum Gasteiger partial charge on any atom is 0.277 e. The Morgan fingerprint density at radius 2 is 2.18 bits per heavy atom. The molecular formula is C24H33N5O4S. The van der Waals surface area contributed by atoms with Crippen LogP contribution in [0, 0.1) is 23.2 Å². The van der Waals surface area contributed by atoms with Crippen LogP contribution in [0.4, 0.5) is 5.13 Å². The number of aliphatic hydroxyl groups excluding tert-OH is 1. The number of aliphatic hydroxyl groups is 1. The quantitative estimate of drug-likeness (QED) is 0.513. The number of carbonyl (C=O) groups is 2. The fourth-order valence-electron chi connectivity index (χ4n) is 5.81. The molecule has 0 aliphatic heterocycles. The van der Waals surface area contributed by atoms with Gasteiger partial charge in [0.05, 0.1) is 24.6 Å². The number of aromatic nitrogens is 3. The zero-order valence-electron chi connectivity index (χ0n) is 20.1. The van der Waals surface area contributed by atoms with Crippen molar-refractivity contribution in [2.24, 2.45) is 23.2 Å². The Hall–Kier alpha value is -2.43. The lowest BCUT2D eigenvalue weighted by Crippen LogP contribution is -2.53. The molecule has 9 nitrogen and oxygen atoms in total. The number of methoxy groups -OCH3 is 1. The molecule has 1 unspecified atom stereocenters. The van der Waals surface area contributed by atoms with Gasteiger partial charge in [0.1, 0.15) is 5.69 Å². The van der Waals surface area contributed by atoms with Crippen molar-refractivity contribution in [1.29, 1.82) is 0 Å². The predicted molar refractivity (Wildman–Crippen MR) is 129 cm³/mol. The van der Waals surface area contributed by atoms with Gasteiger partial charge in [-0.05, 0) is 36.5 Å². The van der Waals surface area contributed by atoms with Crippen molar-refractivity contribution in [1.82, 2.24) is 20.3 Å². The molecule has 1 saturated carbocycles. The molecule has 2 amide bonds. The van der Waals surface area contributed by atoms with Crippen LogP contribution in [0.25, 0.3) is 0 Å². The first-order valence-corrected chi connectivity index (χ1v) is 12.6. The van der Waals surface area contributed by atoms with Gasteiger partial charge in [-0.1, -0.05) is 20.8 Å². The zero-order valence-corrected chi connectivity index (χ0v) is 20.9. The molecule has 6 atom stereocenters. The highest BCUT2D eigenvalue weighted by molar-refractivity contribution is 7.15. The maximum atomic E-state index is 12.7. The van der Waals surface area contributed by atoms with Crippen LogP contribution in [0.3, 0.4) is 0 Å². The second-order valence-corrected chi connectivity index (χ2v) is 10.9. The van der Waals surface area contributed by atoms with E-state index < -0.39 is 6.10 Å². The first-order valence-electron chi connectivity index (χ1n) is 11.8. The number of hydrogen-bond donors (Lipinski definition) is 3. The Balaban J connectivity index is 1.51. The summed E-state index contributed by atoms with van der Waals surface area (Å²) >= 11 is 1.49. The number of nitrogens with one attached hydrogen (secondary N) is 2. The Bertz CT molecular complexity index is 1030. The summed E-state index contributed by atoms with van der Waals surface area (Å²) in [5.41, 5.74) is 1.08. The molecule has 0 spiro atoms. The van der Waals surface area contributed by atoms with E-state index >= 15 is 0 Å². The van der Waals surface area contributed by atoms with Crippen molar-refractivity contribution in [3.63, 3.8) is 0 Å². The number of rotatable bonds is 7. The molecule has 2 heterocycles. The van der Waals surface area contributed by atoms with Crippen LogP contribution < -0.4 is 10.6 Å². The standard InChI is InChI=1S/C24H33N5O4S/c1-13(21(31)27-9-10-33-4)15-5-6-24(3)11-17-19(14(2)18(24)20(15)30)28-23(34-17)29-22(32)16-12-25-7-8-26-16/h7-8,12-15,18,20,30H,5-6,9-11H2,1-4H3,(H,27,31)(H,28,29,32)/t13-,14-,15?,18+,20-,24-/m0/s1. The van der Waals surface area contributed by atoms with E-state index in [0.717, 1.165) is 29.8 Å². The largest absolute Gasteiger partial charge is 0.392 e. The molecule has 0 saturated heterocycles. The Morgan fingerprint density at radius 3 is 2.88 bits per heavy atom. The lowest BCUT2D eigenvalue weighted by Gasteiger charge is -2.53. The third kappa shape index (κ3) is 4.71. The van der Waals surface area contributed by atoms with Gasteiger partial charge < -0.3 is 15.2 Å². The molecule has 0 radical (unpaired) electrons. The average molecular weight is 488 g/mol. The maximum absolute atomic E-state index is 12.7. The minimum Gasteiger partial charge on any atom is -0.392 e. The van der Waals surface area contributed by atoms with E-state index in [1.54, 1.807) is 7.11 Å². The van der Waals surface area contributed by atoms with Crippen LogP contribution in [0.2, 0.25) is 0 Å². The molecule has 2 aromatic heterocycles. The lowest BCUT2D eigenvalue weighted by atomic mass is 9.53. The third-order valence-electron chi connectivity index (χ3n) is 7.60. The molecule has 4 rings (SSSR count). The van der Waals surface area contributed by atoms with E-state index in [4.69, 9.17) is 9.72 Å². The number of thiazole rings is 1. The van der Waals surface area contributed by atoms with Gasteiger partial charge in [0.25, 0.3) is 5.91 Å². The van der Waals surface area contributed by atoms with Gasteiger partial charge in [0, 0.05) is 42.8 Å². The number of fused-ring (bicyclic) bond motifs is 2. The summed E-state index contributed by atoms with van der Waals surface area (Å²) in [6.07, 6.45) is 6.34. The van der Waals surface area contributed by atoms with Crippen LogP contribution in [0.5, 0.6) is 0 Å². The van der Waals surface area contributed by atoms with Crippen LogP contribution in [-0.4, -0.2) is 58.2 Å². The van der Waals surface area contributed by atoms with Crippen LogP contribution >= 0.6 is 11.3 Å². The highest BCUT2D eigenvalue weighted by Crippen LogP contribution is 2.57. The summed E-state index contributed by atoms with van der Waals surface area (Å²) in [6.45, 7) is 7.17. The van der Waals surface area contributed by atoms with Crippen molar-refractivity contribution < 1.29 is 19.4 Å². The molecule has 10 heteroatoms. The number of nitrogens with zero attached hydrogens (tertiary/aromatic N) is 3. The summed E-state index contributed by atoms with van der Waals surface area (Å²) in [6, 6.07) is 0. The van der Waals surface area contributed by atoms with Gasteiger partial charge >= 0.3 is 0 Å². The molecule has 0 bridgehead atoms. The predicted octanol–water partition coefficient (Wildman–Crippen LogP) is 2.64. The summed E-state index contributed by atoms with van der Waals surface area (Å²) in [7, 11) is 1.60. The number of amides is 2. The average Bonchev–Trinajstić information content (AvgIpc) is 3.21. The smallest absolute Gasteiger partial charge is 0.277 e. The van der Waals surface area contributed by atoms with E-state index in [0.29, 0.717) is 18.3 Å². The van der Waals surface area contributed by atoms with Crippen LogP contribution in [0.15, 0.2) is 18.6 Å². The number of anilines is 1. The monoisotopic (exact) mass is 487 g/mol. The fraction of sp³-hybridized carbons (Fsp3) is 0.625. The van der Waals surface area contributed by atoms with Crippen LogP contribution in [0.1, 0.15) is 60.6 Å². The fourth-order valence-corrected chi connectivity index (χ4v) is 7.07. The van der Waals surface area contributed by atoms with Crippen molar-refractivity contribution >= 4 is 28.3 Å². The summed E-state index contributed by atoms with van der Waals surface area (Å²) in [5.74, 6) is -0.797. The number of ether oxygens (including phenoxy) is 1. The molecule has 2 aliphatic carbocycles. The first-order chi connectivity index (χ1) is 16.2. The molecular weight excluding hydrogens is 454 g/mol. The molecule has 184 valence electrons. The first kappa shape index (κ1) is 24.7. The second kappa shape index (κ2) is 10.1. The zero-order chi connectivity index (χ0) is 24.5. The summed E-state index contributed by atoms with van der Waals surface area (Å²) in [5, 5.41) is 17.8. The van der Waals surface area contributed by atoms with E-state index in [2.05, 4.69) is 34.4 Å². The van der Waals surface area contributed by atoms with Crippen molar-refractivity contribution in [2.75, 3.05) is 25.6 Å². The van der Waals surface area contributed by atoms with Crippen molar-refractivity contribution in [3.05, 3.63) is 34.9 Å². The van der Waals surface area contributed by atoms with Gasteiger partial charge in [0.15, 0.2) is 5.13 Å². The van der Waals surface area contributed by atoms with E-state index in [-0.39, 0.29) is 46.6 Å². The molecule has 0 aromatic carbocycles. The topological polar surface area (TPSA) is 126 Å². The second-order valence-electron chi connectivity index (χ2n) is 9.78. The summed E-state index contributed by atoms with van der Waals surface area (Å²) in [4.78, 5) is 39.1. The van der Waals surface area contributed by atoms with E-state index in [9.17, 15) is 14.7 Å². The summed E-state index contributed by atoms with van der Waals surface area (Å²) < 4.78 is 5.02. The molecule has 3 N–H and O–H groups in total. The van der Waals surface area contributed by atoms with Gasteiger partial charge in [0.2, 0.25) is 5.91 Å². The molecule has 34 heavy (non-hydrogen) atoms. The third-order valence-corrected chi connectivity index (χ3v) is 8.59. The van der Waals surface area contributed by atoms with E-state index in [1.165, 1.54) is 29.9 Å². The normalized spacial score (nSPS) is 29.0. The Kier molecular flexibility index (Phi) is 7.30. The minimum absolute atomic E-state index is 0.00808. The minimum atomic E-state index is -0.607.